The Morgan fingerprint density at radius 1 is 1.53 bits per heavy atom. The zero-order valence-electron chi connectivity index (χ0n) is 8.87. The Kier molecular flexibility index (Phi) is 3.65. The highest BCUT2D eigenvalue weighted by Gasteiger charge is 2.18. The zero-order chi connectivity index (χ0) is 10.7. The highest BCUT2D eigenvalue weighted by atomic mass is 32.2. The molecule has 15 heavy (non-hydrogen) atoms. The summed E-state index contributed by atoms with van der Waals surface area (Å²) in [5.74, 6) is 2.68. The summed E-state index contributed by atoms with van der Waals surface area (Å²) in [4.78, 5) is 0. The van der Waals surface area contributed by atoms with Gasteiger partial charge in [0.2, 0.25) is 0 Å². The standard InChI is InChI=1S/C12H16FNS/c1-9(6-14-12-7-15-8-12)10-3-2-4-11(13)5-10/h2-5,9,12,14H,6-8H2,1H3. The maximum atomic E-state index is 13.0. The molecule has 0 amide bonds. The average Bonchev–Trinajstić information content (AvgIpc) is 2.15. The minimum Gasteiger partial charge on any atom is -0.312 e. The Bertz CT molecular complexity index is 325. The Balaban J connectivity index is 1.86. The molecule has 1 fully saturated rings. The van der Waals surface area contributed by atoms with Gasteiger partial charge in [0, 0.05) is 24.1 Å². The minimum absolute atomic E-state index is 0.140. The first-order chi connectivity index (χ1) is 7.25. The Morgan fingerprint density at radius 2 is 2.33 bits per heavy atom. The van der Waals surface area contributed by atoms with E-state index in [1.807, 2.05) is 17.8 Å². The van der Waals surface area contributed by atoms with Crippen molar-refractivity contribution in [1.29, 1.82) is 0 Å². The van der Waals surface area contributed by atoms with Crippen molar-refractivity contribution in [3.8, 4) is 0 Å². The highest BCUT2D eigenvalue weighted by molar-refractivity contribution is 8.00. The first-order valence-corrected chi connectivity index (χ1v) is 6.48. The van der Waals surface area contributed by atoms with Crippen LogP contribution in [-0.2, 0) is 0 Å². The average molecular weight is 225 g/mol. The molecule has 1 aromatic rings. The van der Waals surface area contributed by atoms with Crippen LogP contribution in [0.4, 0.5) is 4.39 Å². The summed E-state index contributed by atoms with van der Waals surface area (Å²) in [6, 6.07) is 7.56. The summed E-state index contributed by atoms with van der Waals surface area (Å²) in [5.41, 5.74) is 1.08. The molecule has 1 unspecified atom stereocenters. The van der Waals surface area contributed by atoms with E-state index in [2.05, 4.69) is 12.2 Å². The quantitative estimate of drug-likeness (QED) is 0.845. The molecule has 0 saturated carbocycles. The number of benzene rings is 1. The van der Waals surface area contributed by atoms with Gasteiger partial charge in [0.1, 0.15) is 5.82 Å². The van der Waals surface area contributed by atoms with Gasteiger partial charge in [-0.15, -0.1) is 0 Å². The molecule has 0 aliphatic carbocycles. The zero-order valence-corrected chi connectivity index (χ0v) is 9.69. The Hall–Kier alpha value is -0.540. The van der Waals surface area contributed by atoms with Crippen LogP contribution in [0.15, 0.2) is 24.3 Å². The van der Waals surface area contributed by atoms with E-state index in [4.69, 9.17) is 0 Å². The molecule has 0 aromatic heterocycles. The number of halogens is 1. The molecule has 2 rings (SSSR count). The lowest BCUT2D eigenvalue weighted by molar-refractivity contribution is 0.541. The molecule has 0 radical (unpaired) electrons. The van der Waals surface area contributed by atoms with Gasteiger partial charge in [-0.3, -0.25) is 0 Å². The van der Waals surface area contributed by atoms with Crippen LogP contribution in [-0.4, -0.2) is 24.1 Å². The predicted molar refractivity (Wildman–Crippen MR) is 63.9 cm³/mol. The number of nitrogens with one attached hydrogen (secondary N) is 1. The minimum atomic E-state index is -0.140. The molecule has 0 bridgehead atoms. The molecule has 1 saturated heterocycles. The molecule has 1 N–H and O–H groups in total. The smallest absolute Gasteiger partial charge is 0.123 e. The summed E-state index contributed by atoms with van der Waals surface area (Å²) >= 11 is 1.97. The van der Waals surface area contributed by atoms with Crippen LogP contribution < -0.4 is 5.32 Å². The van der Waals surface area contributed by atoms with Crippen molar-refractivity contribution in [2.45, 2.75) is 18.9 Å². The van der Waals surface area contributed by atoms with Gasteiger partial charge in [-0.25, -0.2) is 4.39 Å². The molecular formula is C12H16FNS. The maximum Gasteiger partial charge on any atom is 0.123 e. The molecule has 1 heterocycles. The largest absolute Gasteiger partial charge is 0.312 e. The molecule has 1 aromatic carbocycles. The second kappa shape index (κ2) is 4.99. The van der Waals surface area contributed by atoms with E-state index in [0.717, 1.165) is 12.1 Å². The van der Waals surface area contributed by atoms with Crippen molar-refractivity contribution in [2.75, 3.05) is 18.1 Å². The third-order valence-corrected chi connectivity index (χ3v) is 4.04. The second-order valence-electron chi connectivity index (χ2n) is 4.10. The summed E-state index contributed by atoms with van der Waals surface area (Å²) in [7, 11) is 0. The summed E-state index contributed by atoms with van der Waals surface area (Å²) in [6.45, 7) is 3.07. The summed E-state index contributed by atoms with van der Waals surface area (Å²) < 4.78 is 13.0. The fraction of sp³-hybridized carbons (Fsp3) is 0.500. The van der Waals surface area contributed by atoms with E-state index in [1.165, 1.54) is 17.6 Å². The van der Waals surface area contributed by atoms with Crippen LogP contribution in [0.1, 0.15) is 18.4 Å². The van der Waals surface area contributed by atoms with Crippen LogP contribution in [0, 0.1) is 5.82 Å². The van der Waals surface area contributed by atoms with Gasteiger partial charge in [0.05, 0.1) is 0 Å². The molecule has 1 atom stereocenters. The third kappa shape index (κ3) is 2.95. The van der Waals surface area contributed by atoms with Crippen molar-refractivity contribution in [3.05, 3.63) is 35.6 Å². The van der Waals surface area contributed by atoms with Gasteiger partial charge in [-0.05, 0) is 23.6 Å². The van der Waals surface area contributed by atoms with E-state index >= 15 is 0 Å². The van der Waals surface area contributed by atoms with Crippen molar-refractivity contribution >= 4 is 11.8 Å². The highest BCUT2D eigenvalue weighted by Crippen LogP contribution is 2.19. The summed E-state index contributed by atoms with van der Waals surface area (Å²) in [6.07, 6.45) is 0. The normalized spacial score (nSPS) is 18.5. The van der Waals surface area contributed by atoms with E-state index in [1.54, 1.807) is 12.1 Å². The molecular weight excluding hydrogens is 209 g/mol. The number of rotatable bonds is 4. The van der Waals surface area contributed by atoms with Crippen molar-refractivity contribution in [3.63, 3.8) is 0 Å². The van der Waals surface area contributed by atoms with Gasteiger partial charge in [0.25, 0.3) is 0 Å². The van der Waals surface area contributed by atoms with E-state index in [0.29, 0.717) is 12.0 Å². The van der Waals surface area contributed by atoms with Crippen LogP contribution >= 0.6 is 11.8 Å². The third-order valence-electron chi connectivity index (χ3n) is 2.77. The maximum absolute atomic E-state index is 13.0. The second-order valence-corrected chi connectivity index (χ2v) is 5.17. The molecule has 1 nitrogen and oxygen atoms in total. The van der Waals surface area contributed by atoms with Crippen LogP contribution in [0.5, 0.6) is 0 Å². The van der Waals surface area contributed by atoms with Crippen molar-refractivity contribution in [2.24, 2.45) is 0 Å². The lowest BCUT2D eigenvalue weighted by Crippen LogP contribution is -2.41. The van der Waals surface area contributed by atoms with Crippen molar-refractivity contribution in [1.82, 2.24) is 5.32 Å². The lowest BCUT2D eigenvalue weighted by atomic mass is 10.0. The Labute approximate surface area is 94.5 Å². The van der Waals surface area contributed by atoms with Crippen LogP contribution in [0.2, 0.25) is 0 Å². The van der Waals surface area contributed by atoms with Gasteiger partial charge < -0.3 is 5.32 Å². The van der Waals surface area contributed by atoms with Gasteiger partial charge in [0.15, 0.2) is 0 Å². The molecule has 82 valence electrons. The predicted octanol–water partition coefficient (Wildman–Crippen LogP) is 2.63. The number of hydrogen-bond acceptors (Lipinski definition) is 2. The van der Waals surface area contributed by atoms with Gasteiger partial charge in [-0.2, -0.15) is 11.8 Å². The van der Waals surface area contributed by atoms with Crippen LogP contribution in [0.3, 0.4) is 0 Å². The fourth-order valence-corrected chi connectivity index (χ4v) is 2.34. The van der Waals surface area contributed by atoms with E-state index in [-0.39, 0.29) is 5.82 Å². The van der Waals surface area contributed by atoms with Gasteiger partial charge >= 0.3 is 0 Å². The molecule has 0 spiro atoms. The van der Waals surface area contributed by atoms with E-state index in [9.17, 15) is 4.39 Å². The van der Waals surface area contributed by atoms with Crippen LogP contribution in [0.25, 0.3) is 0 Å². The monoisotopic (exact) mass is 225 g/mol. The topological polar surface area (TPSA) is 12.0 Å². The van der Waals surface area contributed by atoms with E-state index < -0.39 is 0 Å². The van der Waals surface area contributed by atoms with Crippen molar-refractivity contribution < 1.29 is 4.39 Å². The molecule has 3 heteroatoms. The Morgan fingerprint density at radius 3 is 2.93 bits per heavy atom. The first kappa shape index (κ1) is 11.0. The molecule has 1 aliphatic rings. The first-order valence-electron chi connectivity index (χ1n) is 5.32. The van der Waals surface area contributed by atoms with Gasteiger partial charge in [-0.1, -0.05) is 19.1 Å². The number of thioether (sulfide) groups is 1. The SMILES string of the molecule is CC(CNC1CSC1)c1cccc(F)c1. The summed E-state index contributed by atoms with van der Waals surface area (Å²) in [5, 5.41) is 3.49. The fourth-order valence-electron chi connectivity index (χ4n) is 1.63. The lowest BCUT2D eigenvalue weighted by Gasteiger charge is -2.27. The molecule has 1 aliphatic heterocycles. The number of hydrogen-bond donors (Lipinski definition) is 1.